The summed E-state index contributed by atoms with van der Waals surface area (Å²) >= 11 is 0. The van der Waals surface area contributed by atoms with E-state index in [2.05, 4.69) is 0 Å². The zero-order valence-corrected chi connectivity index (χ0v) is 6.10. The van der Waals surface area contributed by atoms with Gasteiger partial charge in [0.1, 0.15) is 0 Å². The first-order valence-electron chi connectivity index (χ1n) is 2.81. The highest BCUT2D eigenvalue weighted by molar-refractivity contribution is 7.39. The molecule has 0 aliphatic heterocycles. The molecule has 0 atom stereocenters. The maximum absolute atomic E-state index is 11.4. The predicted molar refractivity (Wildman–Crippen MR) is 32.7 cm³/mol. The van der Waals surface area contributed by atoms with Crippen LogP contribution in [0, 0.1) is 0 Å². The molecule has 0 aromatic carbocycles. The van der Waals surface area contributed by atoms with Crippen molar-refractivity contribution in [3.63, 3.8) is 0 Å². The average molecular weight is 157 g/mol. The molecular formula is C5H9F3P. The summed E-state index contributed by atoms with van der Waals surface area (Å²) in [6.07, 6.45) is 1.75. The molecule has 0 N–H and O–H groups in total. The van der Waals surface area contributed by atoms with Gasteiger partial charge in [0.15, 0.2) is 0 Å². The smallest absolute Gasteiger partial charge is 0.167 e. The molecule has 0 amide bonds. The molecule has 0 heterocycles. The summed E-state index contributed by atoms with van der Waals surface area (Å²) in [7, 11) is -0.397. The van der Waals surface area contributed by atoms with Crippen LogP contribution in [0.5, 0.6) is 0 Å². The Kier molecular flexibility index (Phi) is 4.20. The topological polar surface area (TPSA) is 0 Å². The molecule has 0 nitrogen and oxygen atoms in total. The lowest BCUT2D eigenvalue weighted by atomic mass is 10.4. The number of alkyl halides is 3. The Morgan fingerprint density at radius 2 is 1.89 bits per heavy atom. The molecule has 0 aromatic heterocycles. The second-order valence-electron chi connectivity index (χ2n) is 1.70. The monoisotopic (exact) mass is 157 g/mol. The molecule has 0 bridgehead atoms. The van der Waals surface area contributed by atoms with E-state index in [0.717, 1.165) is 6.42 Å². The fourth-order valence-electron chi connectivity index (χ4n) is 0.364. The van der Waals surface area contributed by atoms with E-state index in [1.165, 1.54) is 0 Å². The van der Waals surface area contributed by atoms with Gasteiger partial charge >= 0.3 is 5.92 Å². The van der Waals surface area contributed by atoms with Crippen molar-refractivity contribution in [2.45, 2.75) is 25.7 Å². The number of rotatable bonds is 3. The molecule has 0 aliphatic carbocycles. The van der Waals surface area contributed by atoms with Crippen molar-refractivity contribution < 1.29 is 13.2 Å². The lowest BCUT2D eigenvalue weighted by Gasteiger charge is -2.02. The Balaban J connectivity index is 3.07. The first-order chi connectivity index (χ1) is 4.06. The van der Waals surface area contributed by atoms with E-state index in [9.17, 15) is 13.2 Å². The van der Waals surface area contributed by atoms with E-state index in [0.29, 0.717) is 6.42 Å². The molecule has 0 unspecified atom stereocenters. The van der Waals surface area contributed by atoms with Gasteiger partial charge in [-0.25, -0.2) is 0 Å². The summed E-state index contributed by atoms with van der Waals surface area (Å²) in [5.74, 6) is -3.98. The van der Waals surface area contributed by atoms with Gasteiger partial charge in [-0.1, -0.05) is 13.3 Å². The fourth-order valence-corrected chi connectivity index (χ4v) is 1.09. The van der Waals surface area contributed by atoms with Crippen molar-refractivity contribution in [3.05, 3.63) is 0 Å². The van der Waals surface area contributed by atoms with Gasteiger partial charge in [0.05, 0.1) is 0 Å². The van der Waals surface area contributed by atoms with Gasteiger partial charge in [-0.15, -0.1) is 0 Å². The molecule has 0 aliphatic rings. The summed E-state index contributed by atoms with van der Waals surface area (Å²) in [4.78, 5) is 0. The lowest BCUT2D eigenvalue weighted by molar-refractivity contribution is -0.0370. The summed E-state index contributed by atoms with van der Waals surface area (Å²) in [5.41, 5.74) is 0. The predicted octanol–water partition coefficient (Wildman–Crippen LogP) is 3.25. The number of hydrogen-bond acceptors (Lipinski definition) is 0. The Morgan fingerprint density at radius 3 is 2.22 bits per heavy atom. The summed E-state index contributed by atoms with van der Waals surface area (Å²) in [6.45, 7) is 1.88. The fraction of sp³-hybridized carbons (Fsp3) is 1.00. The Bertz CT molecular complexity index is 69.1. The van der Waals surface area contributed by atoms with Crippen molar-refractivity contribution in [1.82, 2.24) is 0 Å². The minimum Gasteiger partial charge on any atom is -0.167 e. The summed E-state index contributed by atoms with van der Waals surface area (Å²) < 4.78 is 34.1. The molecule has 9 heavy (non-hydrogen) atoms. The zero-order valence-electron chi connectivity index (χ0n) is 5.20. The van der Waals surface area contributed by atoms with Gasteiger partial charge in [-0.2, -0.15) is 13.2 Å². The first kappa shape index (κ1) is 9.22. The quantitative estimate of drug-likeness (QED) is 0.435. The molecule has 0 spiro atoms. The minimum absolute atomic E-state index is 0.250. The van der Waals surface area contributed by atoms with Crippen LogP contribution in [0.15, 0.2) is 0 Å². The van der Waals surface area contributed by atoms with Crippen molar-refractivity contribution in [3.8, 4) is 0 Å². The van der Waals surface area contributed by atoms with Crippen LogP contribution in [0.3, 0.4) is 0 Å². The van der Waals surface area contributed by atoms with Gasteiger partial charge in [0, 0.05) is 8.58 Å². The van der Waals surface area contributed by atoms with E-state index in [1.54, 1.807) is 0 Å². The summed E-state index contributed by atoms with van der Waals surface area (Å²) in [5, 5.41) is 0. The van der Waals surface area contributed by atoms with Crippen LogP contribution in [0.1, 0.15) is 19.8 Å². The van der Waals surface area contributed by atoms with E-state index in [4.69, 9.17) is 0 Å². The largest absolute Gasteiger partial charge is 0.409 e. The van der Waals surface area contributed by atoms with Gasteiger partial charge in [-0.05, 0) is 12.6 Å². The summed E-state index contributed by atoms with van der Waals surface area (Å²) in [6, 6.07) is 0. The molecular weight excluding hydrogens is 148 g/mol. The Labute approximate surface area is 54.6 Å². The molecule has 1 radical (unpaired) electrons. The van der Waals surface area contributed by atoms with Crippen LogP contribution < -0.4 is 0 Å². The van der Waals surface area contributed by atoms with Gasteiger partial charge in [-0.3, -0.25) is 0 Å². The highest BCUT2D eigenvalue weighted by Crippen LogP contribution is 2.36. The third kappa shape index (κ3) is 8.22. The second kappa shape index (κ2) is 4.10. The minimum atomic E-state index is -3.98. The lowest BCUT2D eigenvalue weighted by Crippen LogP contribution is -1.97. The second-order valence-corrected chi connectivity index (χ2v) is 2.97. The molecule has 0 rings (SSSR count). The SMILES string of the molecule is CCCC[P]C(F)(F)F. The van der Waals surface area contributed by atoms with Crippen molar-refractivity contribution in [2.24, 2.45) is 0 Å². The Morgan fingerprint density at radius 1 is 1.33 bits per heavy atom. The normalized spacial score (nSPS) is 13.3. The van der Waals surface area contributed by atoms with E-state index in [-0.39, 0.29) is 6.16 Å². The first-order valence-corrected chi connectivity index (χ1v) is 3.89. The molecule has 0 saturated carbocycles. The third-order valence-corrected chi connectivity index (χ3v) is 1.70. The molecule has 0 fully saturated rings. The number of halogens is 3. The van der Waals surface area contributed by atoms with E-state index >= 15 is 0 Å². The van der Waals surface area contributed by atoms with Gasteiger partial charge in [0.2, 0.25) is 0 Å². The van der Waals surface area contributed by atoms with Crippen molar-refractivity contribution in [2.75, 3.05) is 6.16 Å². The third-order valence-electron chi connectivity index (χ3n) is 0.803. The number of unbranched alkanes of at least 4 members (excludes halogenated alkanes) is 1. The van der Waals surface area contributed by atoms with E-state index in [1.807, 2.05) is 6.92 Å². The molecule has 0 saturated heterocycles. The van der Waals surface area contributed by atoms with Crippen LogP contribution in [0.2, 0.25) is 0 Å². The van der Waals surface area contributed by atoms with Crippen molar-refractivity contribution in [1.29, 1.82) is 0 Å². The van der Waals surface area contributed by atoms with Crippen LogP contribution in [0.25, 0.3) is 0 Å². The molecule has 55 valence electrons. The van der Waals surface area contributed by atoms with Crippen LogP contribution in [0.4, 0.5) is 13.2 Å². The highest BCUT2D eigenvalue weighted by atomic mass is 31.1. The average Bonchev–Trinajstić information content (AvgIpc) is 1.63. The van der Waals surface area contributed by atoms with Crippen molar-refractivity contribution >= 4 is 8.58 Å². The van der Waals surface area contributed by atoms with E-state index < -0.39 is 14.5 Å². The molecule has 4 heteroatoms. The van der Waals surface area contributed by atoms with Crippen LogP contribution in [-0.4, -0.2) is 12.1 Å². The standard InChI is InChI=1S/C5H9F3P/c1-2-3-4-9-5(6,7)8/h2-4H2,1H3. The number of hydrogen-bond donors (Lipinski definition) is 0. The molecule has 0 aromatic rings. The van der Waals surface area contributed by atoms with Gasteiger partial charge < -0.3 is 0 Å². The van der Waals surface area contributed by atoms with Crippen LogP contribution >= 0.6 is 8.58 Å². The van der Waals surface area contributed by atoms with Gasteiger partial charge in [0.25, 0.3) is 0 Å². The highest BCUT2D eigenvalue weighted by Gasteiger charge is 2.26. The zero-order chi connectivity index (χ0) is 7.33. The maximum atomic E-state index is 11.4. The maximum Gasteiger partial charge on any atom is 0.409 e. The van der Waals surface area contributed by atoms with Crippen LogP contribution in [-0.2, 0) is 0 Å². The Hall–Kier alpha value is 0.220.